The molecule has 4 N–H and O–H groups in total. The number of benzene rings is 1. The van der Waals surface area contributed by atoms with Crippen molar-refractivity contribution in [3.05, 3.63) is 81.3 Å². The first-order chi connectivity index (χ1) is 15.9. The Bertz CT molecular complexity index is 1100. The van der Waals surface area contributed by atoms with Gasteiger partial charge in [-0.15, -0.1) is 11.8 Å². The van der Waals surface area contributed by atoms with Gasteiger partial charge in [-0.2, -0.15) is 0 Å². The Balaban J connectivity index is 0.000000244. The normalized spacial score (nSPS) is 15.9. The Morgan fingerprint density at radius 1 is 1.36 bits per heavy atom. The number of amides is 1. The van der Waals surface area contributed by atoms with Crippen molar-refractivity contribution in [2.75, 3.05) is 12.8 Å². The Morgan fingerprint density at radius 3 is 2.61 bits per heavy atom. The average Bonchev–Trinajstić information content (AvgIpc) is 3.40. The van der Waals surface area contributed by atoms with E-state index in [1.165, 1.54) is 37.6 Å². The predicted octanol–water partition coefficient (Wildman–Crippen LogP) is 5.03. The van der Waals surface area contributed by atoms with Gasteiger partial charge in [-0.25, -0.2) is 4.99 Å². The number of aliphatic imine (C=N–C) groups is 1. The van der Waals surface area contributed by atoms with Crippen molar-refractivity contribution >= 4 is 35.3 Å². The van der Waals surface area contributed by atoms with Crippen LogP contribution in [0.5, 0.6) is 0 Å². The molecule has 1 fully saturated rings. The van der Waals surface area contributed by atoms with Crippen molar-refractivity contribution in [1.82, 2.24) is 10.3 Å². The molecule has 1 aliphatic heterocycles. The molecular formula is C26H34N4O2S. The number of thioether (sulfide) groups is 1. The summed E-state index contributed by atoms with van der Waals surface area (Å²) in [7, 11) is 1.52. The number of pyridine rings is 1. The van der Waals surface area contributed by atoms with Crippen molar-refractivity contribution in [2.24, 2.45) is 10.7 Å². The number of carbonyl (C=O) groups excluding carboxylic acids is 1. The van der Waals surface area contributed by atoms with Gasteiger partial charge in [0.05, 0.1) is 0 Å². The molecule has 1 amide bonds. The molecule has 1 aromatic heterocycles. The summed E-state index contributed by atoms with van der Waals surface area (Å²) >= 11 is 1.89. The molecule has 0 unspecified atom stereocenters. The topological polar surface area (TPSA) is 100 Å². The number of carbonyl (C=O) groups is 1. The summed E-state index contributed by atoms with van der Waals surface area (Å²) in [4.78, 5) is 29.9. The maximum atomic E-state index is 12.0. The third-order valence-corrected chi connectivity index (χ3v) is 6.55. The van der Waals surface area contributed by atoms with E-state index in [2.05, 4.69) is 52.6 Å². The monoisotopic (exact) mass is 466 g/mol. The lowest BCUT2D eigenvalue weighted by atomic mass is 9.92. The molecule has 4 rings (SSSR count). The molecule has 176 valence electrons. The minimum Gasteiger partial charge on any atom is -0.384 e. The number of rotatable bonds is 5. The van der Waals surface area contributed by atoms with Crippen LogP contribution < -0.4 is 16.6 Å². The van der Waals surface area contributed by atoms with E-state index in [0.717, 1.165) is 17.3 Å². The van der Waals surface area contributed by atoms with Gasteiger partial charge in [-0.05, 0) is 79.3 Å². The molecule has 1 aromatic carbocycles. The summed E-state index contributed by atoms with van der Waals surface area (Å²) in [5, 5.41) is 5.52. The minimum atomic E-state index is -0.357. The first kappa shape index (κ1) is 26.2. The standard InChI is InChI=1S/C16H18N2O2.C6H10N2.C4H6S/c1-3-16(6-7-16)11-5-4-10-8-12(14(19)17-2)15(20)18-13(10)9-11;1-3-4-5-6(7)8-2;1-2-4-5-3-1/h4-5,8-9H,3,6-7H2,1-2H3,(H,17,19)(H,18,20);3-5H,2,7H2,1H3;1,3H,2,4H2/b;4-3-,6-5-;. The Kier molecular flexibility index (Phi) is 10.2. The number of allylic oxidation sites excluding steroid dienone is 4. The zero-order valence-corrected chi connectivity index (χ0v) is 20.5. The van der Waals surface area contributed by atoms with E-state index < -0.39 is 0 Å². The molecule has 2 aromatic rings. The van der Waals surface area contributed by atoms with E-state index in [4.69, 9.17) is 5.73 Å². The average molecular weight is 467 g/mol. The molecule has 0 saturated heterocycles. The minimum absolute atomic E-state index is 0.157. The number of hydrogen-bond acceptors (Lipinski definition) is 5. The Labute approximate surface area is 200 Å². The lowest BCUT2D eigenvalue weighted by molar-refractivity contribution is 0.0962. The van der Waals surface area contributed by atoms with Crippen LogP contribution in [0.25, 0.3) is 10.9 Å². The first-order valence-electron chi connectivity index (χ1n) is 11.1. The van der Waals surface area contributed by atoms with Crippen LogP contribution in [0.15, 0.2) is 69.6 Å². The lowest BCUT2D eigenvalue weighted by Gasteiger charge is -2.13. The molecule has 1 aliphatic carbocycles. The molecule has 0 atom stereocenters. The van der Waals surface area contributed by atoms with Crippen molar-refractivity contribution in [1.29, 1.82) is 0 Å². The summed E-state index contributed by atoms with van der Waals surface area (Å²) < 4.78 is 0. The maximum absolute atomic E-state index is 12.0. The van der Waals surface area contributed by atoms with Gasteiger partial charge in [-0.3, -0.25) is 9.59 Å². The van der Waals surface area contributed by atoms with E-state index in [1.807, 2.05) is 36.9 Å². The van der Waals surface area contributed by atoms with Gasteiger partial charge in [-0.1, -0.05) is 37.3 Å². The number of aromatic amines is 1. The number of nitrogens with two attached hydrogens (primary N) is 1. The third-order valence-electron chi connectivity index (χ3n) is 5.70. The van der Waals surface area contributed by atoms with Crippen LogP contribution in [0.2, 0.25) is 0 Å². The summed E-state index contributed by atoms with van der Waals surface area (Å²) in [6.45, 7) is 7.35. The highest BCUT2D eigenvalue weighted by Gasteiger charge is 2.42. The summed E-state index contributed by atoms with van der Waals surface area (Å²) in [6, 6.07) is 7.82. The molecule has 6 nitrogen and oxygen atoms in total. The molecule has 0 radical (unpaired) electrons. The zero-order chi connectivity index (χ0) is 24.3. The molecule has 1 saturated carbocycles. The quantitative estimate of drug-likeness (QED) is 0.425. The predicted molar refractivity (Wildman–Crippen MR) is 142 cm³/mol. The van der Waals surface area contributed by atoms with Gasteiger partial charge in [0.2, 0.25) is 0 Å². The number of hydrogen-bond donors (Lipinski definition) is 3. The molecule has 0 bridgehead atoms. The number of aromatic nitrogens is 1. The van der Waals surface area contributed by atoms with E-state index in [0.29, 0.717) is 11.2 Å². The molecule has 33 heavy (non-hydrogen) atoms. The van der Waals surface area contributed by atoms with Gasteiger partial charge in [0.1, 0.15) is 11.4 Å². The molecule has 7 heteroatoms. The largest absolute Gasteiger partial charge is 0.384 e. The van der Waals surface area contributed by atoms with Crippen LogP contribution in [-0.4, -0.2) is 30.4 Å². The van der Waals surface area contributed by atoms with Crippen LogP contribution in [0.3, 0.4) is 0 Å². The van der Waals surface area contributed by atoms with Gasteiger partial charge < -0.3 is 16.0 Å². The smallest absolute Gasteiger partial charge is 0.261 e. The van der Waals surface area contributed by atoms with E-state index in [-0.39, 0.29) is 17.0 Å². The van der Waals surface area contributed by atoms with Crippen molar-refractivity contribution in [3.8, 4) is 0 Å². The lowest BCUT2D eigenvalue weighted by Crippen LogP contribution is -2.26. The molecular weight excluding hydrogens is 432 g/mol. The fourth-order valence-electron chi connectivity index (χ4n) is 3.42. The molecule has 2 aliphatic rings. The third kappa shape index (κ3) is 7.49. The van der Waals surface area contributed by atoms with Crippen LogP contribution in [-0.2, 0) is 5.41 Å². The highest BCUT2D eigenvalue weighted by atomic mass is 32.2. The SMILES string of the molecule is C1=CSCC1.C=N/C(N)=C\C=C/C.CCC1(c2ccc3cc(C(=O)NC)c(=O)[nH]c3c2)CC1. The Morgan fingerprint density at radius 2 is 2.12 bits per heavy atom. The zero-order valence-electron chi connectivity index (χ0n) is 19.7. The number of H-pyrrole nitrogens is 1. The van der Waals surface area contributed by atoms with Crippen molar-refractivity contribution < 1.29 is 4.79 Å². The van der Waals surface area contributed by atoms with E-state index in [9.17, 15) is 9.59 Å². The fraction of sp³-hybridized carbons (Fsp3) is 0.346. The highest BCUT2D eigenvalue weighted by molar-refractivity contribution is 8.02. The summed E-state index contributed by atoms with van der Waals surface area (Å²) in [5.41, 5.74) is 7.46. The van der Waals surface area contributed by atoms with E-state index in [1.54, 1.807) is 12.1 Å². The second-order valence-electron chi connectivity index (χ2n) is 7.83. The van der Waals surface area contributed by atoms with Crippen LogP contribution in [0.1, 0.15) is 55.5 Å². The Hall–Kier alpha value is -3.06. The van der Waals surface area contributed by atoms with Crippen LogP contribution >= 0.6 is 11.8 Å². The molecule has 2 heterocycles. The van der Waals surface area contributed by atoms with Crippen molar-refractivity contribution in [2.45, 2.75) is 44.9 Å². The van der Waals surface area contributed by atoms with Gasteiger partial charge in [0, 0.05) is 18.3 Å². The van der Waals surface area contributed by atoms with Gasteiger partial charge >= 0.3 is 0 Å². The van der Waals surface area contributed by atoms with E-state index >= 15 is 0 Å². The van der Waals surface area contributed by atoms with Crippen molar-refractivity contribution in [3.63, 3.8) is 0 Å². The summed E-state index contributed by atoms with van der Waals surface area (Å²) in [5.74, 6) is 1.40. The second kappa shape index (κ2) is 12.8. The fourth-order valence-corrected chi connectivity index (χ4v) is 4.10. The van der Waals surface area contributed by atoms with Gasteiger partial charge in [0.15, 0.2) is 0 Å². The number of nitrogens with one attached hydrogen (secondary N) is 2. The van der Waals surface area contributed by atoms with Crippen LogP contribution in [0, 0.1) is 0 Å². The highest BCUT2D eigenvalue weighted by Crippen LogP contribution is 2.51. The second-order valence-corrected chi connectivity index (χ2v) is 8.85. The molecule has 0 spiro atoms. The number of nitrogens with zero attached hydrogens (tertiary/aromatic N) is 1. The summed E-state index contributed by atoms with van der Waals surface area (Å²) in [6.07, 6.45) is 12.4. The number of fused-ring (bicyclic) bond motifs is 1. The van der Waals surface area contributed by atoms with Gasteiger partial charge in [0.25, 0.3) is 11.5 Å². The first-order valence-corrected chi connectivity index (χ1v) is 12.2. The maximum Gasteiger partial charge on any atom is 0.261 e. The van der Waals surface area contributed by atoms with Crippen LogP contribution in [0.4, 0.5) is 0 Å².